The average Bonchev–Trinajstić information content (AvgIpc) is 2.62. The van der Waals surface area contributed by atoms with Crippen molar-refractivity contribution in [1.82, 2.24) is 10.9 Å². The van der Waals surface area contributed by atoms with Crippen molar-refractivity contribution in [3.05, 3.63) is 40.7 Å². The molecule has 0 aliphatic carbocycles. The van der Waals surface area contributed by atoms with Crippen LogP contribution < -0.4 is 10.9 Å². The van der Waals surface area contributed by atoms with Gasteiger partial charge in [-0.05, 0) is 50.0 Å². The monoisotopic (exact) mass is 400 g/mol. The van der Waals surface area contributed by atoms with E-state index in [0.29, 0.717) is 37.9 Å². The second kappa shape index (κ2) is 12.7. The summed E-state index contributed by atoms with van der Waals surface area (Å²) in [4.78, 5) is 34.2. The highest BCUT2D eigenvalue weighted by molar-refractivity contribution is 6.32. The smallest absolute Gasteiger partial charge is 0.426 e. The van der Waals surface area contributed by atoms with Gasteiger partial charge in [-0.1, -0.05) is 17.7 Å². The van der Waals surface area contributed by atoms with E-state index in [1.807, 2.05) is 0 Å². The van der Waals surface area contributed by atoms with Crippen LogP contribution in [0.25, 0.3) is 6.08 Å². The molecule has 0 radical (unpaired) electrons. The first-order valence-corrected chi connectivity index (χ1v) is 8.81. The number of esters is 1. The molecule has 0 atom stereocenters. The van der Waals surface area contributed by atoms with E-state index in [4.69, 9.17) is 21.1 Å². The summed E-state index contributed by atoms with van der Waals surface area (Å²) in [5.74, 6) is -1.33. The third-order valence-corrected chi connectivity index (χ3v) is 3.56. The van der Waals surface area contributed by atoms with Crippen molar-refractivity contribution < 1.29 is 28.2 Å². The molecule has 0 spiro atoms. The van der Waals surface area contributed by atoms with Crippen LogP contribution in [0.3, 0.4) is 0 Å². The summed E-state index contributed by atoms with van der Waals surface area (Å²) < 4.78 is 22.6. The predicted octanol–water partition coefficient (Wildman–Crippen LogP) is 3.37. The maximum atomic E-state index is 12.9. The first-order valence-electron chi connectivity index (χ1n) is 8.44. The molecule has 0 saturated heterocycles. The zero-order valence-corrected chi connectivity index (χ0v) is 15.7. The fourth-order valence-corrected chi connectivity index (χ4v) is 2.17. The Bertz CT molecular complexity index is 682. The number of carbonyl (C=O) groups excluding carboxylic acids is 3. The number of nitrogens with one attached hydrogen (secondary N) is 2. The van der Waals surface area contributed by atoms with Crippen LogP contribution in [0.5, 0.6) is 0 Å². The zero-order valence-electron chi connectivity index (χ0n) is 14.9. The summed E-state index contributed by atoms with van der Waals surface area (Å²) in [5.41, 5.74) is 4.68. The first-order chi connectivity index (χ1) is 12.9. The lowest BCUT2D eigenvalue weighted by Crippen LogP contribution is -2.41. The van der Waals surface area contributed by atoms with Gasteiger partial charge in [0, 0.05) is 12.5 Å². The van der Waals surface area contributed by atoms with E-state index in [-0.39, 0.29) is 17.6 Å². The van der Waals surface area contributed by atoms with Crippen molar-refractivity contribution in [3.63, 3.8) is 0 Å². The highest BCUT2D eigenvalue weighted by Crippen LogP contribution is 2.18. The Hall–Kier alpha value is -2.61. The molecule has 2 amide bonds. The highest BCUT2D eigenvalue weighted by atomic mass is 35.5. The number of amides is 2. The van der Waals surface area contributed by atoms with Gasteiger partial charge in [0.15, 0.2) is 0 Å². The largest absolute Gasteiger partial charge is 0.466 e. The minimum Gasteiger partial charge on any atom is -0.466 e. The van der Waals surface area contributed by atoms with Crippen molar-refractivity contribution in [2.24, 2.45) is 0 Å². The lowest BCUT2D eigenvalue weighted by atomic mass is 10.2. The van der Waals surface area contributed by atoms with Crippen molar-refractivity contribution in [2.75, 3.05) is 13.2 Å². The summed E-state index contributed by atoms with van der Waals surface area (Å²) in [6.45, 7) is 2.27. The topological polar surface area (TPSA) is 93.7 Å². The predicted molar refractivity (Wildman–Crippen MR) is 98.2 cm³/mol. The number of benzene rings is 1. The lowest BCUT2D eigenvalue weighted by molar-refractivity contribution is -0.143. The second-order valence-electron chi connectivity index (χ2n) is 5.37. The van der Waals surface area contributed by atoms with Gasteiger partial charge in [0.1, 0.15) is 5.82 Å². The third-order valence-electron chi connectivity index (χ3n) is 3.23. The molecule has 1 aromatic carbocycles. The Labute approximate surface area is 161 Å². The molecule has 1 rings (SSSR count). The molecule has 9 heteroatoms. The average molecular weight is 401 g/mol. The van der Waals surface area contributed by atoms with Crippen LogP contribution in [-0.2, 0) is 19.1 Å². The van der Waals surface area contributed by atoms with Gasteiger partial charge in [-0.2, -0.15) is 0 Å². The number of rotatable bonds is 9. The van der Waals surface area contributed by atoms with Crippen LogP contribution in [0, 0.1) is 5.82 Å². The van der Waals surface area contributed by atoms with E-state index in [1.165, 1.54) is 18.2 Å². The van der Waals surface area contributed by atoms with Crippen LogP contribution in [0.1, 0.15) is 38.2 Å². The molecule has 0 heterocycles. The van der Waals surface area contributed by atoms with E-state index in [9.17, 15) is 18.8 Å². The second-order valence-corrected chi connectivity index (χ2v) is 5.77. The molecule has 148 valence electrons. The van der Waals surface area contributed by atoms with E-state index < -0.39 is 17.8 Å². The standard InChI is InChI=1S/C18H22ClFN2O5/c1-2-26-17(24)6-4-3-5-11-27-18(25)22-21-16(23)10-8-13-7-9-14(20)12-15(13)19/h7-10,12H,2-6,11H2,1H3,(H,21,23)(H,22,25)/b10-8+. The number of hydrogen-bond acceptors (Lipinski definition) is 5. The number of carbonyl (C=O) groups is 3. The molecule has 7 nitrogen and oxygen atoms in total. The summed E-state index contributed by atoms with van der Waals surface area (Å²) in [7, 11) is 0. The van der Waals surface area contributed by atoms with Crippen molar-refractivity contribution in [3.8, 4) is 0 Å². The Morgan fingerprint density at radius 1 is 1.15 bits per heavy atom. The molecule has 27 heavy (non-hydrogen) atoms. The molecule has 0 bridgehead atoms. The molecule has 0 fully saturated rings. The van der Waals surface area contributed by atoms with Crippen LogP contribution in [0.4, 0.5) is 9.18 Å². The minimum atomic E-state index is -0.804. The van der Waals surface area contributed by atoms with Gasteiger partial charge in [-0.25, -0.2) is 14.6 Å². The maximum Gasteiger partial charge on any atom is 0.426 e. The number of hydrogen-bond donors (Lipinski definition) is 2. The molecule has 0 saturated carbocycles. The SMILES string of the molecule is CCOC(=O)CCCCCOC(=O)NNC(=O)/C=C/c1ccc(F)cc1Cl. The van der Waals surface area contributed by atoms with Crippen LogP contribution >= 0.6 is 11.6 Å². The Morgan fingerprint density at radius 2 is 1.93 bits per heavy atom. The van der Waals surface area contributed by atoms with Gasteiger partial charge >= 0.3 is 12.1 Å². The molecular formula is C18H22ClFN2O5. The van der Waals surface area contributed by atoms with Crippen molar-refractivity contribution in [2.45, 2.75) is 32.6 Å². The van der Waals surface area contributed by atoms with E-state index >= 15 is 0 Å². The van der Waals surface area contributed by atoms with Gasteiger partial charge in [0.2, 0.25) is 0 Å². The van der Waals surface area contributed by atoms with Crippen molar-refractivity contribution >= 4 is 35.6 Å². The Kier molecular flexibility index (Phi) is 10.5. The van der Waals surface area contributed by atoms with Gasteiger partial charge in [-0.3, -0.25) is 15.0 Å². The fraction of sp³-hybridized carbons (Fsp3) is 0.389. The lowest BCUT2D eigenvalue weighted by Gasteiger charge is -2.07. The van der Waals surface area contributed by atoms with Crippen LogP contribution in [-0.4, -0.2) is 31.2 Å². The van der Waals surface area contributed by atoms with E-state index in [1.54, 1.807) is 6.92 Å². The van der Waals surface area contributed by atoms with E-state index in [2.05, 4.69) is 10.9 Å². The fourth-order valence-electron chi connectivity index (χ4n) is 1.94. The first kappa shape index (κ1) is 22.4. The molecule has 0 aliphatic heterocycles. The molecule has 0 aliphatic rings. The highest BCUT2D eigenvalue weighted by Gasteiger charge is 2.05. The third kappa shape index (κ3) is 10.2. The molecule has 1 aromatic rings. The van der Waals surface area contributed by atoms with E-state index in [0.717, 1.165) is 12.1 Å². The number of halogens is 2. The van der Waals surface area contributed by atoms with Gasteiger partial charge in [0.05, 0.1) is 18.2 Å². The molecule has 0 unspecified atom stereocenters. The summed E-state index contributed by atoms with van der Waals surface area (Å²) >= 11 is 5.83. The normalized spacial score (nSPS) is 10.5. The quantitative estimate of drug-likeness (QED) is 0.287. The molecule has 0 aromatic heterocycles. The Morgan fingerprint density at radius 3 is 2.63 bits per heavy atom. The maximum absolute atomic E-state index is 12.9. The van der Waals surface area contributed by atoms with Gasteiger partial charge in [0.25, 0.3) is 5.91 Å². The van der Waals surface area contributed by atoms with Gasteiger partial charge in [-0.15, -0.1) is 0 Å². The van der Waals surface area contributed by atoms with Gasteiger partial charge < -0.3 is 9.47 Å². The molecular weight excluding hydrogens is 379 g/mol. The number of unbranched alkanes of at least 4 members (excludes halogenated alkanes) is 2. The minimum absolute atomic E-state index is 0.158. The van der Waals surface area contributed by atoms with Crippen molar-refractivity contribution in [1.29, 1.82) is 0 Å². The van der Waals surface area contributed by atoms with Crippen LogP contribution in [0.2, 0.25) is 5.02 Å². The number of hydrazine groups is 1. The summed E-state index contributed by atoms with van der Waals surface area (Å²) in [6.07, 6.45) is 3.99. The molecule has 2 N–H and O–H groups in total. The van der Waals surface area contributed by atoms with Crippen LogP contribution in [0.15, 0.2) is 24.3 Å². The summed E-state index contributed by atoms with van der Waals surface area (Å²) in [6, 6.07) is 3.76. The Balaban J connectivity index is 2.16. The zero-order chi connectivity index (χ0) is 20.1. The number of ether oxygens (including phenoxy) is 2. The summed E-state index contributed by atoms with van der Waals surface area (Å²) in [5, 5.41) is 0.161.